The van der Waals surface area contributed by atoms with E-state index >= 15 is 0 Å². The van der Waals surface area contributed by atoms with Crippen molar-refractivity contribution in [3.8, 4) is 52.1 Å². The van der Waals surface area contributed by atoms with Crippen molar-refractivity contribution in [3.05, 3.63) is 195 Å². The summed E-state index contributed by atoms with van der Waals surface area (Å²) in [6.45, 7) is 14.0. The van der Waals surface area contributed by atoms with Crippen LogP contribution in [0.5, 0.6) is 52.1 Å². The Morgan fingerprint density at radius 3 is 1.02 bits per heavy atom. The largest absolute Gasteiger partial charge is 0.495 e. The Hall–Kier alpha value is -13.0. The molecule has 0 unspecified atom stereocenters. The molecule has 6 N–H and O–H groups in total. The Morgan fingerprint density at radius 1 is 0.414 bits per heavy atom. The number of methoxy groups -OCH3 is 3. The number of halogens is 9. The van der Waals surface area contributed by atoms with E-state index in [0.717, 1.165) is 90.6 Å². The van der Waals surface area contributed by atoms with E-state index in [1.165, 1.54) is 57.7 Å². The van der Waals surface area contributed by atoms with Gasteiger partial charge in [0.2, 0.25) is 35.5 Å². The quantitative estimate of drug-likeness (QED) is 0.0290. The van der Waals surface area contributed by atoms with Crippen LogP contribution in [0.4, 0.5) is 74.4 Å². The minimum Gasteiger partial charge on any atom is -0.495 e. The van der Waals surface area contributed by atoms with Crippen LogP contribution in [0.25, 0.3) is 0 Å². The number of nitrogens with zero attached hydrogens (tertiary/aromatic N) is 11. The standard InChI is InChI=1S/2C31H35F3N6O4.C28H28F3N5O4/c2*1-5-13-40-18(2)21-7-6-8-24(26(21)29(40)42)44-28-22(31(32,33)34)17-35-30(38-28)37-23-10-9-19(16-25(23)43-4)27(41)36-20-11-14-39(3)15-12-20;1-36-12-10-18(11-13-36)33-25(38)17-6-8-20(23(14-17)39-2)34-27-32-15-19(28(29,30)31)26(35-27)40-22-5-3-4-16-7-9-21(37)24(16)22/h2*6-10,16-18,20H,5,11-15H2,1-4H3,(H,36,41)(H,35,37,38);3-6,8,14-15,18H,7,9-13H2,1-2H3,(H,33,38)(H,32,34,35)/t2*18-;/m10./s1. The van der Waals surface area contributed by atoms with Crippen LogP contribution in [-0.2, 0) is 24.9 Å². The van der Waals surface area contributed by atoms with Crippen LogP contribution in [0, 0.1) is 0 Å². The van der Waals surface area contributed by atoms with Crippen molar-refractivity contribution < 1.29 is 96.7 Å². The maximum Gasteiger partial charge on any atom is 0.423 e. The van der Waals surface area contributed by atoms with Crippen LogP contribution in [-0.4, -0.2) is 203 Å². The zero-order chi connectivity index (χ0) is 91.6. The van der Waals surface area contributed by atoms with Gasteiger partial charge in [-0.2, -0.15) is 54.5 Å². The third kappa shape index (κ3) is 21.6. The fourth-order valence-corrected chi connectivity index (χ4v) is 15.9. The number of aryl methyl sites for hydroxylation is 1. The zero-order valence-electron chi connectivity index (χ0n) is 72.0. The van der Waals surface area contributed by atoms with Crippen molar-refractivity contribution >= 4 is 70.2 Å². The minimum absolute atomic E-state index is 0.00714. The van der Waals surface area contributed by atoms with Gasteiger partial charge in [-0.05, 0) is 222 Å². The Labute approximate surface area is 732 Å². The molecule has 5 amide bonds. The van der Waals surface area contributed by atoms with E-state index < -0.39 is 52.9 Å². The molecule has 2 atom stereocenters. The molecule has 0 radical (unpaired) electrons. The highest BCUT2D eigenvalue weighted by Crippen LogP contribution is 2.47. The van der Waals surface area contributed by atoms with E-state index in [4.69, 9.17) is 28.4 Å². The molecular weight excluding hydrogens is 1680 g/mol. The predicted molar refractivity (Wildman–Crippen MR) is 456 cm³/mol. The van der Waals surface area contributed by atoms with Crippen molar-refractivity contribution in [2.45, 2.75) is 141 Å². The van der Waals surface area contributed by atoms with E-state index in [9.17, 15) is 68.3 Å². The molecule has 3 aromatic heterocycles. The molecule has 5 aliphatic heterocycles. The number of aromatic nitrogens is 6. The summed E-state index contributed by atoms with van der Waals surface area (Å²) in [5, 5.41) is 17.7. The van der Waals surface area contributed by atoms with Crippen molar-refractivity contribution in [2.24, 2.45) is 0 Å². The topological polar surface area (TPSA) is 324 Å². The molecular formula is C90H98F9N17O12. The molecule has 38 heteroatoms. The van der Waals surface area contributed by atoms with Gasteiger partial charge < -0.3 is 84.8 Å². The third-order valence-corrected chi connectivity index (χ3v) is 22.9. The van der Waals surface area contributed by atoms with Crippen molar-refractivity contribution in [3.63, 3.8) is 0 Å². The highest BCUT2D eigenvalue weighted by molar-refractivity contribution is 6.04. The lowest BCUT2D eigenvalue weighted by atomic mass is 10.0. The second-order valence-corrected chi connectivity index (χ2v) is 31.8. The summed E-state index contributed by atoms with van der Waals surface area (Å²) in [6.07, 6.45) is -5.23. The summed E-state index contributed by atoms with van der Waals surface area (Å²) in [6, 6.07) is 28.3. The monoisotopic (exact) mass is 1780 g/mol. The number of hydrogen-bond acceptors (Lipinski definition) is 24. The van der Waals surface area contributed by atoms with E-state index in [2.05, 4.69) is 76.5 Å². The minimum atomic E-state index is -4.82. The third-order valence-electron chi connectivity index (χ3n) is 22.9. The van der Waals surface area contributed by atoms with Gasteiger partial charge in [0.1, 0.15) is 51.2 Å². The molecule has 0 bridgehead atoms. The first kappa shape index (κ1) is 92.7. The SMILES string of the molecule is CCCN1C(=O)c2c(Oc3nc(Nc4ccc(C(=O)NC5CCN(C)CC5)cc4OC)ncc3C(F)(F)F)cccc2[C@@H]1C.CCCN1C(=O)c2c(Oc3nc(Nc4ccc(C(=O)NC5CCN(C)CC5)cc4OC)ncc3C(F)(F)F)cccc2[C@H]1C.COc1cc(C(=O)NC2CCN(C)CC2)ccc1Nc1ncc(C(F)(F)F)c(Oc2cccc3c2C(=O)CC3)n1. The average Bonchev–Trinajstić information content (AvgIpc) is 1.60. The molecule has 15 rings (SSSR count). The molecule has 29 nitrogen and oxygen atoms in total. The molecule has 1 aliphatic carbocycles. The van der Waals surface area contributed by atoms with Crippen molar-refractivity contribution in [1.82, 2.24) is 70.4 Å². The fraction of sp³-hybridized carbons (Fsp3) is 0.400. The molecule has 6 aromatic carbocycles. The second-order valence-electron chi connectivity index (χ2n) is 31.8. The average molecular weight is 1780 g/mol. The second kappa shape index (κ2) is 39.9. The number of carbonyl (C=O) groups is 6. The number of piperidine rings is 3. The smallest absolute Gasteiger partial charge is 0.423 e. The van der Waals surface area contributed by atoms with Gasteiger partial charge in [0.15, 0.2) is 5.78 Å². The number of ether oxygens (including phenoxy) is 6. The number of carbonyl (C=O) groups excluding carboxylic acids is 6. The highest BCUT2D eigenvalue weighted by atomic mass is 19.4. The van der Waals surface area contributed by atoms with Crippen LogP contribution in [0.1, 0.15) is 193 Å². The maximum absolute atomic E-state index is 14.0. The van der Waals surface area contributed by atoms with Crippen LogP contribution >= 0.6 is 0 Å². The number of nitrogens with one attached hydrogen (secondary N) is 6. The summed E-state index contributed by atoms with van der Waals surface area (Å²) in [5.41, 5.74) is 1.28. The van der Waals surface area contributed by atoms with Gasteiger partial charge in [-0.15, -0.1) is 0 Å². The van der Waals surface area contributed by atoms with Gasteiger partial charge in [-0.25, -0.2) is 15.0 Å². The lowest BCUT2D eigenvalue weighted by Gasteiger charge is -2.29. The first-order valence-electron chi connectivity index (χ1n) is 41.8. The number of rotatable bonds is 25. The molecule has 6 aliphatic rings. The summed E-state index contributed by atoms with van der Waals surface area (Å²) < 4.78 is 159. The Morgan fingerprint density at radius 2 is 0.719 bits per heavy atom. The normalized spacial score (nSPS) is 16.9. The lowest BCUT2D eigenvalue weighted by molar-refractivity contribution is -0.140. The summed E-state index contributed by atoms with van der Waals surface area (Å²) in [7, 11) is 10.4. The Bertz CT molecular complexity index is 5360. The van der Waals surface area contributed by atoms with Crippen LogP contribution < -0.4 is 60.3 Å². The molecule has 0 spiro atoms. The lowest BCUT2D eigenvalue weighted by Crippen LogP contribution is -2.43. The molecule has 8 heterocycles. The number of alkyl halides is 9. The van der Waals surface area contributed by atoms with Gasteiger partial charge in [-0.3, -0.25) is 28.8 Å². The number of fused-ring (bicyclic) bond motifs is 3. The van der Waals surface area contributed by atoms with E-state index in [1.54, 1.807) is 82.6 Å². The first-order chi connectivity index (χ1) is 61.1. The Balaban J connectivity index is 0.000000164. The molecule has 128 heavy (non-hydrogen) atoms. The van der Waals surface area contributed by atoms with Gasteiger partial charge in [0.05, 0.1) is 67.2 Å². The fourth-order valence-electron chi connectivity index (χ4n) is 15.9. The van der Waals surface area contributed by atoms with Gasteiger partial charge >= 0.3 is 18.5 Å². The van der Waals surface area contributed by atoms with Crippen LogP contribution in [0.3, 0.4) is 0 Å². The predicted octanol–water partition coefficient (Wildman–Crippen LogP) is 16.6. The number of hydrogen-bond donors (Lipinski definition) is 6. The first-order valence-corrected chi connectivity index (χ1v) is 41.8. The van der Waals surface area contributed by atoms with Crippen molar-refractivity contribution in [1.29, 1.82) is 0 Å². The molecule has 678 valence electrons. The molecule has 3 saturated heterocycles. The zero-order valence-corrected chi connectivity index (χ0v) is 72.0. The summed E-state index contributed by atoms with van der Waals surface area (Å²) in [5.74, 6) is -3.64. The number of benzene rings is 6. The van der Waals surface area contributed by atoms with Crippen molar-refractivity contribution in [2.75, 3.05) is 111 Å². The van der Waals surface area contributed by atoms with E-state index in [1.807, 2.05) is 48.8 Å². The van der Waals surface area contributed by atoms with Gasteiger partial charge in [-0.1, -0.05) is 50.2 Å². The van der Waals surface area contributed by atoms with E-state index in [-0.39, 0.29) is 141 Å². The number of ketones is 1. The molecule has 0 saturated carbocycles. The number of Topliss-reactive ketones (excluding diaryl/α,β-unsaturated/α-hetero) is 1. The highest BCUT2D eigenvalue weighted by Gasteiger charge is 2.43. The van der Waals surface area contributed by atoms with Gasteiger partial charge in [0, 0.05) is 72.9 Å². The van der Waals surface area contributed by atoms with Crippen LogP contribution in [0.15, 0.2) is 128 Å². The maximum atomic E-state index is 14.0. The summed E-state index contributed by atoms with van der Waals surface area (Å²) >= 11 is 0. The number of amides is 5. The molecule has 9 aromatic rings. The molecule has 3 fully saturated rings. The Kier molecular flexibility index (Phi) is 28.9. The van der Waals surface area contributed by atoms with Crippen LogP contribution in [0.2, 0.25) is 0 Å². The number of likely N-dealkylation sites (tertiary alicyclic amines) is 3. The summed E-state index contributed by atoms with van der Waals surface area (Å²) in [4.78, 5) is 111. The number of anilines is 6. The van der Waals surface area contributed by atoms with E-state index in [0.29, 0.717) is 88.5 Å². The van der Waals surface area contributed by atoms with Gasteiger partial charge in [0.25, 0.3) is 29.5 Å².